The first-order valence-corrected chi connectivity index (χ1v) is 5.65. The molecule has 15 heavy (non-hydrogen) atoms. The lowest BCUT2D eigenvalue weighted by atomic mass is 9.95. The molecule has 0 aliphatic rings. The fraction of sp³-hybridized carbons (Fsp3) is 0.500. The predicted octanol–water partition coefficient (Wildman–Crippen LogP) is 3.49. The van der Waals surface area contributed by atoms with Crippen molar-refractivity contribution >= 4 is 11.6 Å². The molecule has 1 atom stereocenters. The van der Waals surface area contributed by atoms with Crippen LogP contribution >= 0.6 is 11.6 Å². The van der Waals surface area contributed by atoms with Crippen LogP contribution in [0.5, 0.6) is 0 Å². The van der Waals surface area contributed by atoms with Gasteiger partial charge in [-0.2, -0.15) is 0 Å². The SMILES string of the molecule is CCc1cc(Cl)c(F)c(C(C)CCN)c1. The second kappa shape index (κ2) is 5.47. The van der Waals surface area contributed by atoms with Gasteiger partial charge in [0.25, 0.3) is 0 Å². The van der Waals surface area contributed by atoms with Gasteiger partial charge in [0, 0.05) is 0 Å². The second-order valence-electron chi connectivity index (χ2n) is 3.81. The average Bonchev–Trinajstić information content (AvgIpc) is 2.22. The van der Waals surface area contributed by atoms with E-state index in [0.717, 1.165) is 18.4 Å². The normalized spacial score (nSPS) is 12.9. The number of hydrogen-bond acceptors (Lipinski definition) is 1. The first-order valence-electron chi connectivity index (χ1n) is 5.28. The maximum atomic E-state index is 13.7. The standard InChI is InChI=1S/C12H17ClFN/c1-3-9-6-10(8(2)4-5-15)12(14)11(13)7-9/h6-8H,3-5,15H2,1-2H3. The van der Waals surface area contributed by atoms with Crippen molar-refractivity contribution in [2.24, 2.45) is 5.73 Å². The lowest BCUT2D eigenvalue weighted by Crippen LogP contribution is -2.07. The first kappa shape index (κ1) is 12.5. The van der Waals surface area contributed by atoms with Crippen molar-refractivity contribution in [1.29, 1.82) is 0 Å². The monoisotopic (exact) mass is 229 g/mol. The quantitative estimate of drug-likeness (QED) is 0.841. The molecule has 0 fully saturated rings. The summed E-state index contributed by atoms with van der Waals surface area (Å²) < 4.78 is 13.7. The van der Waals surface area contributed by atoms with Crippen molar-refractivity contribution in [3.05, 3.63) is 34.1 Å². The summed E-state index contributed by atoms with van der Waals surface area (Å²) in [6, 6.07) is 3.58. The molecule has 0 bridgehead atoms. The predicted molar refractivity (Wildman–Crippen MR) is 62.9 cm³/mol. The third-order valence-corrected chi connectivity index (χ3v) is 2.93. The van der Waals surface area contributed by atoms with Crippen LogP contribution in [0.2, 0.25) is 5.02 Å². The fourth-order valence-corrected chi connectivity index (χ4v) is 1.89. The maximum absolute atomic E-state index is 13.7. The molecule has 1 aromatic carbocycles. The van der Waals surface area contributed by atoms with E-state index in [1.165, 1.54) is 0 Å². The number of halogens is 2. The smallest absolute Gasteiger partial charge is 0.145 e. The molecule has 1 unspecified atom stereocenters. The van der Waals surface area contributed by atoms with Crippen molar-refractivity contribution in [3.63, 3.8) is 0 Å². The van der Waals surface area contributed by atoms with Crippen LogP contribution in [0, 0.1) is 5.82 Å². The third kappa shape index (κ3) is 2.93. The Balaban J connectivity index is 3.09. The Morgan fingerprint density at radius 2 is 2.13 bits per heavy atom. The van der Waals surface area contributed by atoms with Crippen molar-refractivity contribution in [3.8, 4) is 0 Å². The van der Waals surface area contributed by atoms with Crippen molar-refractivity contribution in [2.75, 3.05) is 6.54 Å². The molecule has 0 aliphatic heterocycles. The maximum Gasteiger partial charge on any atom is 0.145 e. The van der Waals surface area contributed by atoms with E-state index in [4.69, 9.17) is 17.3 Å². The molecule has 1 aromatic rings. The summed E-state index contributed by atoms with van der Waals surface area (Å²) in [4.78, 5) is 0. The van der Waals surface area contributed by atoms with E-state index < -0.39 is 0 Å². The van der Waals surface area contributed by atoms with Crippen molar-refractivity contribution in [1.82, 2.24) is 0 Å². The average molecular weight is 230 g/mol. The van der Waals surface area contributed by atoms with Crippen LogP contribution in [0.4, 0.5) is 4.39 Å². The summed E-state index contributed by atoms with van der Waals surface area (Å²) in [7, 11) is 0. The van der Waals surface area contributed by atoms with E-state index in [2.05, 4.69) is 0 Å². The molecule has 0 amide bonds. The van der Waals surface area contributed by atoms with E-state index in [1.54, 1.807) is 6.07 Å². The largest absolute Gasteiger partial charge is 0.330 e. The number of aryl methyl sites for hydroxylation is 1. The Hall–Kier alpha value is -0.600. The zero-order valence-electron chi connectivity index (χ0n) is 9.19. The van der Waals surface area contributed by atoms with E-state index in [0.29, 0.717) is 12.1 Å². The van der Waals surface area contributed by atoms with Crippen LogP contribution in [0.1, 0.15) is 37.3 Å². The van der Waals surface area contributed by atoms with Crippen molar-refractivity contribution in [2.45, 2.75) is 32.6 Å². The molecular weight excluding hydrogens is 213 g/mol. The van der Waals surface area contributed by atoms with Gasteiger partial charge in [-0.3, -0.25) is 0 Å². The van der Waals surface area contributed by atoms with E-state index >= 15 is 0 Å². The van der Waals surface area contributed by atoms with Gasteiger partial charge >= 0.3 is 0 Å². The molecule has 1 rings (SSSR count). The molecule has 0 radical (unpaired) electrons. The molecule has 1 nitrogen and oxygen atoms in total. The molecule has 3 heteroatoms. The summed E-state index contributed by atoms with van der Waals surface area (Å²) in [6.07, 6.45) is 1.64. The minimum absolute atomic E-state index is 0.124. The number of benzene rings is 1. The molecule has 0 saturated carbocycles. The Morgan fingerprint density at radius 3 is 2.67 bits per heavy atom. The summed E-state index contributed by atoms with van der Waals surface area (Å²) in [5.74, 6) is -0.172. The molecule has 0 aliphatic carbocycles. The lowest BCUT2D eigenvalue weighted by molar-refractivity contribution is 0.576. The van der Waals surface area contributed by atoms with Crippen LogP contribution in [0.3, 0.4) is 0 Å². The Bertz CT molecular complexity index is 339. The Morgan fingerprint density at radius 1 is 1.47 bits per heavy atom. The molecule has 0 aromatic heterocycles. The Labute approximate surface area is 95.4 Å². The summed E-state index contributed by atoms with van der Waals surface area (Å²) in [5, 5.41) is 0.216. The van der Waals surface area contributed by atoms with Gasteiger partial charge in [0.05, 0.1) is 5.02 Å². The van der Waals surface area contributed by atoms with Gasteiger partial charge in [-0.25, -0.2) is 4.39 Å². The van der Waals surface area contributed by atoms with Gasteiger partial charge in [0.1, 0.15) is 5.82 Å². The lowest BCUT2D eigenvalue weighted by Gasteiger charge is -2.14. The molecule has 0 heterocycles. The van der Waals surface area contributed by atoms with Crippen molar-refractivity contribution < 1.29 is 4.39 Å². The van der Waals surface area contributed by atoms with Gasteiger partial charge in [0.2, 0.25) is 0 Å². The summed E-state index contributed by atoms with van der Waals surface area (Å²) >= 11 is 5.84. The molecule has 84 valence electrons. The van der Waals surface area contributed by atoms with Crippen LogP contribution in [-0.2, 0) is 6.42 Å². The Kier molecular flexibility index (Phi) is 4.55. The van der Waals surface area contributed by atoms with Crippen LogP contribution in [-0.4, -0.2) is 6.54 Å². The van der Waals surface area contributed by atoms with Gasteiger partial charge in [-0.15, -0.1) is 0 Å². The summed E-state index contributed by atoms with van der Waals surface area (Å²) in [6.45, 7) is 4.57. The fourth-order valence-electron chi connectivity index (χ4n) is 1.64. The molecule has 0 saturated heterocycles. The van der Waals surface area contributed by atoms with Crippen LogP contribution in [0.25, 0.3) is 0 Å². The highest BCUT2D eigenvalue weighted by atomic mass is 35.5. The highest BCUT2D eigenvalue weighted by Gasteiger charge is 2.14. The van der Waals surface area contributed by atoms with E-state index in [9.17, 15) is 4.39 Å². The summed E-state index contributed by atoms with van der Waals surface area (Å²) in [5.41, 5.74) is 7.22. The molecule has 2 N–H and O–H groups in total. The number of hydrogen-bond donors (Lipinski definition) is 1. The van der Waals surface area contributed by atoms with E-state index in [-0.39, 0.29) is 16.8 Å². The zero-order valence-corrected chi connectivity index (χ0v) is 9.94. The third-order valence-electron chi connectivity index (χ3n) is 2.65. The number of nitrogens with two attached hydrogens (primary N) is 1. The van der Waals surface area contributed by atoms with Gasteiger partial charge in [0.15, 0.2) is 0 Å². The van der Waals surface area contributed by atoms with Gasteiger partial charge in [-0.1, -0.05) is 31.5 Å². The van der Waals surface area contributed by atoms with Crippen LogP contribution in [0.15, 0.2) is 12.1 Å². The second-order valence-corrected chi connectivity index (χ2v) is 4.22. The van der Waals surface area contributed by atoms with Gasteiger partial charge < -0.3 is 5.73 Å². The minimum atomic E-state index is -0.296. The number of rotatable bonds is 4. The van der Waals surface area contributed by atoms with Gasteiger partial charge in [-0.05, 0) is 42.5 Å². The van der Waals surface area contributed by atoms with Crippen LogP contribution < -0.4 is 5.73 Å². The zero-order chi connectivity index (χ0) is 11.4. The highest BCUT2D eigenvalue weighted by Crippen LogP contribution is 2.28. The highest BCUT2D eigenvalue weighted by molar-refractivity contribution is 6.30. The first-order chi connectivity index (χ1) is 7.10. The molecule has 0 spiro atoms. The minimum Gasteiger partial charge on any atom is -0.330 e. The molecular formula is C12H17ClFN. The van der Waals surface area contributed by atoms with E-state index in [1.807, 2.05) is 19.9 Å². The topological polar surface area (TPSA) is 26.0 Å².